The fourth-order valence-electron chi connectivity index (χ4n) is 21.1. The van der Waals surface area contributed by atoms with E-state index >= 15 is 0 Å². The van der Waals surface area contributed by atoms with E-state index in [4.69, 9.17) is 71.1 Å². The quantitative estimate of drug-likeness (QED) is 0.0153. The Morgan fingerprint density at radius 3 is 1.39 bits per heavy atom. The van der Waals surface area contributed by atoms with Gasteiger partial charge < -0.3 is 108 Å². The maximum atomic E-state index is 14.1. The number of allylic oxidation sites excluding steroid dienone is 1. The summed E-state index contributed by atoms with van der Waals surface area (Å²) < 4.78 is 88.4. The summed E-state index contributed by atoms with van der Waals surface area (Å²) in [7, 11) is 0. The van der Waals surface area contributed by atoms with E-state index < -0.39 is 127 Å². The second kappa shape index (κ2) is 60.5. The largest absolute Gasteiger partial charge is 0.463 e. The third kappa shape index (κ3) is 39.3. The van der Waals surface area contributed by atoms with Gasteiger partial charge in [0.2, 0.25) is 35.4 Å². The molecule has 6 N–H and O–H groups in total. The highest BCUT2D eigenvalue weighted by Gasteiger charge is 2.57. The van der Waals surface area contributed by atoms with Gasteiger partial charge in [0.15, 0.2) is 37.0 Å². The third-order valence-electron chi connectivity index (χ3n) is 27.5. The summed E-state index contributed by atoms with van der Waals surface area (Å²) in [5.74, 6) is -0.920. The SMILES string of the molecule is CC(=O)NC1C(OCCCCC(=O)NCCCNC(=O)CCOCC2CN(C(=O)OCc3ccccc3)CC(COCCCCCCCCCCO[C@@H]3C=C4CC[C@H]5[C@@H]6CC[C@H]([C@H](C)CCCC(C)C)[C@H]6CC[C@@H]5[C@@]4(C)CC3)C2OCCC(=O)NCCCNC(=O)CCCCOC2OC(COC(C)=O)C(OC(C)=O)C(OC(C)=O)C2NC(C)=O)OC(COC(C)=O)C(OC(C)=O)C1OC(C)=O. The number of fused-ring (bicyclic) bond motifs is 5. The van der Waals surface area contributed by atoms with Gasteiger partial charge in [0.05, 0.1) is 38.6 Å². The minimum absolute atomic E-state index is 0.00280. The molecular formula is C101H161N7O28. The van der Waals surface area contributed by atoms with E-state index in [-0.39, 0.29) is 160 Å². The smallest absolute Gasteiger partial charge is 0.410 e. The van der Waals surface area contributed by atoms with Crippen LogP contribution < -0.4 is 31.9 Å². The van der Waals surface area contributed by atoms with Gasteiger partial charge >= 0.3 is 41.9 Å². The fourth-order valence-corrected chi connectivity index (χ4v) is 21.1. The molecule has 13 unspecified atom stereocenters. The van der Waals surface area contributed by atoms with E-state index in [0.717, 1.165) is 133 Å². The topological polar surface area (TPSA) is 436 Å². The summed E-state index contributed by atoms with van der Waals surface area (Å²) in [6, 6.07) is 7.12. The van der Waals surface area contributed by atoms with Crippen molar-refractivity contribution < 1.29 is 133 Å². The Balaban J connectivity index is 0.776. The zero-order chi connectivity index (χ0) is 98.5. The number of benzene rings is 1. The summed E-state index contributed by atoms with van der Waals surface area (Å²) in [5.41, 5.74) is 2.86. The lowest BCUT2D eigenvalue weighted by atomic mass is 9.49. The van der Waals surface area contributed by atoms with Crippen LogP contribution in [0.2, 0.25) is 0 Å². The molecule has 0 aromatic heterocycles. The highest BCUT2D eigenvalue weighted by Crippen LogP contribution is 2.64. The van der Waals surface area contributed by atoms with Crippen LogP contribution in [-0.2, 0) is 135 Å². The number of unbranched alkanes of at least 4 members (excludes halogenated alkanes) is 9. The van der Waals surface area contributed by atoms with Gasteiger partial charge in [-0.15, -0.1) is 0 Å². The van der Waals surface area contributed by atoms with Crippen molar-refractivity contribution in [2.75, 3.05) is 105 Å². The number of rotatable bonds is 60. The summed E-state index contributed by atoms with van der Waals surface area (Å²) in [5, 5.41) is 16.9. The van der Waals surface area contributed by atoms with Crippen LogP contribution in [0.5, 0.6) is 0 Å². The second-order valence-corrected chi connectivity index (χ2v) is 38.8. The van der Waals surface area contributed by atoms with Gasteiger partial charge in [-0.25, -0.2) is 4.79 Å². The molecule has 768 valence electrons. The predicted molar refractivity (Wildman–Crippen MR) is 500 cm³/mol. The van der Waals surface area contributed by atoms with Gasteiger partial charge in [0, 0.05) is 159 Å². The summed E-state index contributed by atoms with van der Waals surface area (Å²) >= 11 is 0. The Labute approximate surface area is 804 Å². The van der Waals surface area contributed by atoms with Crippen LogP contribution in [0.3, 0.4) is 0 Å². The highest BCUT2D eigenvalue weighted by atomic mass is 16.7. The van der Waals surface area contributed by atoms with Crippen LogP contribution in [0, 0.1) is 58.7 Å². The fraction of sp³-hybridized carbons (Fsp3) is 0.792. The lowest BCUT2D eigenvalue weighted by Gasteiger charge is -2.56. The number of amides is 7. The first kappa shape index (κ1) is 113. The van der Waals surface area contributed by atoms with Crippen molar-refractivity contribution in [3.05, 3.63) is 47.5 Å². The molecule has 0 spiro atoms. The maximum Gasteiger partial charge on any atom is 0.410 e. The summed E-state index contributed by atoms with van der Waals surface area (Å²) in [6.07, 6.45) is 18.0. The molecule has 35 nitrogen and oxygen atoms in total. The summed E-state index contributed by atoms with van der Waals surface area (Å²) in [6.45, 7) is 21.9. The maximum absolute atomic E-state index is 14.1. The molecular weight excluding hydrogens is 1760 g/mol. The minimum atomic E-state index is -1.28. The molecule has 3 saturated heterocycles. The molecule has 0 radical (unpaired) electrons. The second-order valence-electron chi connectivity index (χ2n) is 38.8. The Bertz CT molecular complexity index is 3910. The molecule has 3 aliphatic heterocycles. The number of hydrogen-bond donors (Lipinski definition) is 6. The van der Waals surface area contributed by atoms with Crippen LogP contribution in [0.4, 0.5) is 4.79 Å². The van der Waals surface area contributed by atoms with E-state index in [1.54, 1.807) is 10.5 Å². The molecule has 21 atom stereocenters. The monoisotopic (exact) mass is 1920 g/mol. The first-order valence-electron chi connectivity index (χ1n) is 50.4. The number of nitrogens with zero attached hydrogens (tertiary/aromatic N) is 1. The number of hydrogen-bond acceptors (Lipinski definition) is 28. The van der Waals surface area contributed by atoms with Gasteiger partial charge in [-0.05, 0) is 155 Å². The number of piperidine rings is 1. The molecule has 3 saturated carbocycles. The van der Waals surface area contributed by atoms with Crippen molar-refractivity contribution in [3.63, 3.8) is 0 Å². The number of carbonyl (C=O) groups excluding carboxylic acids is 13. The normalized spacial score (nSPS) is 26.9. The van der Waals surface area contributed by atoms with Gasteiger partial charge in [0.25, 0.3) is 0 Å². The van der Waals surface area contributed by atoms with Crippen molar-refractivity contribution in [2.24, 2.45) is 58.7 Å². The molecule has 1 aromatic rings. The Kier molecular flexibility index (Phi) is 50.2. The molecule has 7 aliphatic rings. The first-order valence-corrected chi connectivity index (χ1v) is 50.4. The van der Waals surface area contributed by atoms with Gasteiger partial charge in [-0.2, -0.15) is 0 Å². The highest BCUT2D eigenvalue weighted by molar-refractivity contribution is 5.78. The first-order chi connectivity index (χ1) is 65.3. The zero-order valence-electron chi connectivity index (χ0n) is 83.0. The minimum Gasteiger partial charge on any atom is -0.463 e. The van der Waals surface area contributed by atoms with Crippen molar-refractivity contribution in [3.8, 4) is 0 Å². The van der Waals surface area contributed by atoms with Crippen LogP contribution in [0.1, 0.15) is 275 Å². The Morgan fingerprint density at radius 1 is 0.426 bits per heavy atom. The molecule has 0 bridgehead atoms. The standard InChI is InChI=1S/C101H161N7O28/c1-65(2)31-28-32-66(3)80-39-40-82-81(80)41-42-84-83(82)38-37-78-57-79(43-46-101(78,84)12)124-52-25-18-16-14-13-15-17-24-51-122-61-76-58-108(100(121)130-60-75-33-20-19-21-34-75)59-77(62-123-55-44-89(119)104-49-29-47-102-87(117)35-22-26-53-126-98-91(106-67(4)109)96(133-73(10)115)94(131-71(8)113)85(135-98)63-128-69(6)111)93(76)125-56-45-90(120)105-50-30-48-103-88(118)36-23-27-54-127-99-92(107-68(5)110)97(134-74(11)116)95(132-72(9)114)86(136-99)64-129-70(7)112/h19-21,33-34,57,65-66,76-77,79-86,91-99H,13-18,22-32,35-56,58-64H2,1-12H3,(H,102,117)(H,103,118)(H,104,119)(H,105,120)(H,106,109)(H,107,110)/t66-,76?,77?,79+,80-,81-,82-,83+,84+,85?,86?,91?,92?,93?,94?,95?,96?,97?,98?,99?,101+/m1/s1. The molecule has 7 amide bonds. The molecule has 35 heteroatoms. The third-order valence-corrected chi connectivity index (χ3v) is 27.5. The Hall–Kier alpha value is -8.45. The lowest BCUT2D eigenvalue weighted by Crippen LogP contribution is -2.66. The van der Waals surface area contributed by atoms with Crippen molar-refractivity contribution in [1.29, 1.82) is 0 Å². The van der Waals surface area contributed by atoms with Crippen LogP contribution in [0.15, 0.2) is 42.0 Å². The zero-order valence-corrected chi connectivity index (χ0v) is 83.0. The van der Waals surface area contributed by atoms with Crippen molar-refractivity contribution in [1.82, 2.24) is 36.8 Å². The van der Waals surface area contributed by atoms with Crippen molar-refractivity contribution >= 4 is 77.4 Å². The van der Waals surface area contributed by atoms with E-state index in [1.165, 1.54) is 98.3 Å². The lowest BCUT2D eigenvalue weighted by molar-refractivity contribution is -0.277. The van der Waals surface area contributed by atoms with Gasteiger partial charge in [0.1, 0.15) is 44.1 Å². The van der Waals surface area contributed by atoms with Crippen LogP contribution in [-0.4, -0.2) is 261 Å². The molecule has 3 heterocycles. The number of carbonyl (C=O) groups is 13. The average molecular weight is 1920 g/mol. The number of ether oxygens (including phenoxy) is 15. The van der Waals surface area contributed by atoms with Crippen LogP contribution >= 0.6 is 0 Å². The van der Waals surface area contributed by atoms with E-state index in [1.807, 2.05) is 30.3 Å². The average Bonchev–Trinajstić information content (AvgIpc) is 1.43. The van der Waals surface area contributed by atoms with Gasteiger partial charge in [-0.1, -0.05) is 127 Å². The predicted octanol–water partition coefficient (Wildman–Crippen LogP) is 11.2. The van der Waals surface area contributed by atoms with Gasteiger partial charge in [-0.3, -0.25) is 57.5 Å². The molecule has 8 rings (SSSR count). The van der Waals surface area contributed by atoms with E-state index in [9.17, 15) is 62.3 Å². The van der Waals surface area contributed by atoms with Crippen molar-refractivity contribution in [2.45, 2.75) is 349 Å². The summed E-state index contributed by atoms with van der Waals surface area (Å²) in [4.78, 5) is 166. The van der Waals surface area contributed by atoms with Crippen LogP contribution in [0.25, 0.3) is 0 Å². The number of likely N-dealkylation sites (tertiary alicyclic amines) is 1. The molecule has 6 fully saturated rings. The van der Waals surface area contributed by atoms with E-state index in [2.05, 4.69) is 65.7 Å². The number of nitrogens with one attached hydrogen (secondary N) is 6. The Morgan fingerprint density at radius 2 is 0.890 bits per heavy atom. The van der Waals surface area contributed by atoms with E-state index in [0.29, 0.717) is 50.5 Å². The molecule has 4 aliphatic carbocycles. The number of esters is 6. The molecule has 1 aromatic carbocycles. The molecule has 136 heavy (non-hydrogen) atoms.